The van der Waals surface area contributed by atoms with Crippen LogP contribution in [0.2, 0.25) is 0 Å². The zero-order valence-electron chi connectivity index (χ0n) is 14.5. The Morgan fingerprint density at radius 1 is 1.40 bits per heavy atom. The number of amides is 1. The van der Waals surface area contributed by atoms with Gasteiger partial charge in [0.25, 0.3) is 0 Å². The lowest BCUT2D eigenvalue weighted by Gasteiger charge is -2.33. The van der Waals surface area contributed by atoms with E-state index in [0.29, 0.717) is 23.8 Å². The maximum Gasteiger partial charge on any atom is 0.226 e. The fourth-order valence-electron chi connectivity index (χ4n) is 3.78. The van der Waals surface area contributed by atoms with Gasteiger partial charge in [-0.3, -0.25) is 9.89 Å². The Hall–Kier alpha value is -1.95. The van der Waals surface area contributed by atoms with Gasteiger partial charge < -0.3 is 9.88 Å². The number of benzene rings is 1. The van der Waals surface area contributed by atoms with E-state index >= 15 is 0 Å². The number of carbonyl (C=O) groups excluding carboxylic acids is 1. The lowest BCUT2D eigenvalue weighted by atomic mass is 9.72. The molecule has 2 aliphatic rings. The Kier molecular flexibility index (Phi) is 4.23. The Balaban J connectivity index is 1.38. The van der Waals surface area contributed by atoms with Crippen molar-refractivity contribution in [3.05, 3.63) is 46.0 Å². The van der Waals surface area contributed by atoms with Crippen LogP contribution in [0, 0.1) is 10.2 Å². The molecule has 0 aliphatic heterocycles. The van der Waals surface area contributed by atoms with Crippen molar-refractivity contribution in [3.63, 3.8) is 0 Å². The summed E-state index contributed by atoms with van der Waals surface area (Å²) in [4.78, 5) is 12.8. The largest absolute Gasteiger partial charge is 0.354 e. The van der Waals surface area contributed by atoms with Gasteiger partial charge in [-0.15, -0.1) is 0 Å². The first kappa shape index (κ1) is 16.5. The molecule has 2 N–H and O–H groups in total. The monoisotopic (exact) mass is 356 g/mol. The smallest absolute Gasteiger partial charge is 0.226 e. The molecule has 2 aliphatic carbocycles. The molecule has 2 aromatic rings. The summed E-state index contributed by atoms with van der Waals surface area (Å²) in [5, 5.41) is 10.3. The van der Waals surface area contributed by atoms with Crippen molar-refractivity contribution in [2.45, 2.75) is 51.5 Å². The molecule has 1 heterocycles. The molecule has 0 unspecified atom stereocenters. The van der Waals surface area contributed by atoms with Crippen molar-refractivity contribution < 1.29 is 4.79 Å². The minimum atomic E-state index is -0.328. The highest BCUT2D eigenvalue weighted by molar-refractivity contribution is 7.71. The Labute approximate surface area is 152 Å². The van der Waals surface area contributed by atoms with Gasteiger partial charge in [0.2, 0.25) is 5.91 Å². The van der Waals surface area contributed by atoms with E-state index in [0.717, 1.165) is 25.1 Å². The van der Waals surface area contributed by atoms with Crippen molar-refractivity contribution in [1.29, 1.82) is 0 Å². The SMILES string of the molecule is C[C@@]1(C(=O)NCCn2c(C3CC3)n[nH]c2=S)CCc2ccccc2C1. The second kappa shape index (κ2) is 6.41. The Morgan fingerprint density at radius 3 is 2.92 bits per heavy atom. The topological polar surface area (TPSA) is 62.7 Å². The maximum absolute atomic E-state index is 12.8. The zero-order valence-corrected chi connectivity index (χ0v) is 15.4. The molecule has 1 atom stereocenters. The van der Waals surface area contributed by atoms with E-state index in [1.54, 1.807) is 0 Å². The summed E-state index contributed by atoms with van der Waals surface area (Å²) in [6, 6.07) is 8.45. The van der Waals surface area contributed by atoms with Gasteiger partial charge in [-0.2, -0.15) is 5.10 Å². The molecule has 1 aromatic carbocycles. The number of nitrogens with zero attached hydrogens (tertiary/aromatic N) is 2. The van der Waals surface area contributed by atoms with Gasteiger partial charge in [0.1, 0.15) is 5.82 Å². The quantitative estimate of drug-likeness (QED) is 0.809. The molecule has 0 bridgehead atoms. The van der Waals surface area contributed by atoms with Crippen LogP contribution < -0.4 is 5.32 Å². The van der Waals surface area contributed by atoms with Crippen LogP contribution in [0.5, 0.6) is 0 Å². The van der Waals surface area contributed by atoms with Gasteiger partial charge in [-0.1, -0.05) is 31.2 Å². The number of hydrogen-bond acceptors (Lipinski definition) is 3. The minimum absolute atomic E-state index is 0.144. The summed E-state index contributed by atoms with van der Waals surface area (Å²) in [7, 11) is 0. The van der Waals surface area contributed by atoms with Gasteiger partial charge in [0.15, 0.2) is 4.77 Å². The van der Waals surface area contributed by atoms with Gasteiger partial charge in [-0.25, -0.2) is 0 Å². The molecule has 1 amide bonds. The molecule has 1 saturated carbocycles. The maximum atomic E-state index is 12.8. The Bertz CT molecular complexity index is 851. The second-order valence-electron chi connectivity index (χ2n) is 7.57. The van der Waals surface area contributed by atoms with E-state index in [-0.39, 0.29) is 11.3 Å². The molecule has 0 spiro atoms. The molecular weight excluding hydrogens is 332 g/mol. The van der Waals surface area contributed by atoms with Crippen molar-refractivity contribution >= 4 is 18.1 Å². The third-order valence-electron chi connectivity index (χ3n) is 5.54. The average Bonchev–Trinajstić information content (AvgIpc) is 3.39. The first-order chi connectivity index (χ1) is 12.1. The number of nitrogens with one attached hydrogen (secondary N) is 2. The van der Waals surface area contributed by atoms with E-state index in [2.05, 4.69) is 46.7 Å². The third kappa shape index (κ3) is 3.27. The normalized spacial score (nSPS) is 22.4. The van der Waals surface area contributed by atoms with Crippen LogP contribution in [0.25, 0.3) is 0 Å². The molecule has 0 saturated heterocycles. The number of hydrogen-bond donors (Lipinski definition) is 2. The van der Waals surface area contributed by atoms with Gasteiger partial charge >= 0.3 is 0 Å². The fourth-order valence-corrected chi connectivity index (χ4v) is 4.01. The number of carbonyl (C=O) groups is 1. The van der Waals surface area contributed by atoms with E-state index in [4.69, 9.17) is 12.2 Å². The molecule has 0 radical (unpaired) electrons. The summed E-state index contributed by atoms with van der Waals surface area (Å²) in [5.41, 5.74) is 2.36. The molecule has 1 fully saturated rings. The second-order valence-corrected chi connectivity index (χ2v) is 7.96. The molecule has 1 aromatic heterocycles. The van der Waals surface area contributed by atoms with E-state index in [1.165, 1.54) is 24.0 Å². The highest BCUT2D eigenvalue weighted by Crippen LogP contribution is 2.39. The molecule has 6 heteroatoms. The van der Waals surface area contributed by atoms with Crippen LogP contribution >= 0.6 is 12.2 Å². The van der Waals surface area contributed by atoms with Crippen molar-refractivity contribution in [2.75, 3.05) is 6.54 Å². The average molecular weight is 356 g/mol. The summed E-state index contributed by atoms with van der Waals surface area (Å²) in [6.45, 7) is 3.35. The molecule has 5 nitrogen and oxygen atoms in total. The highest BCUT2D eigenvalue weighted by Gasteiger charge is 2.36. The molecule has 4 rings (SSSR count). The number of H-pyrrole nitrogens is 1. The fraction of sp³-hybridized carbons (Fsp3) is 0.526. The predicted molar refractivity (Wildman–Crippen MR) is 99.0 cm³/mol. The third-order valence-corrected chi connectivity index (χ3v) is 5.86. The van der Waals surface area contributed by atoms with Crippen LogP contribution in [-0.2, 0) is 24.2 Å². The van der Waals surface area contributed by atoms with Crippen LogP contribution in [0.1, 0.15) is 49.1 Å². The molecular formula is C19H24N4OS. The lowest BCUT2D eigenvalue weighted by Crippen LogP contribution is -2.43. The van der Waals surface area contributed by atoms with Crippen LogP contribution in [0.4, 0.5) is 0 Å². The molecule has 25 heavy (non-hydrogen) atoms. The lowest BCUT2D eigenvalue weighted by molar-refractivity contribution is -0.130. The van der Waals surface area contributed by atoms with Gasteiger partial charge in [0.05, 0.1) is 5.41 Å². The number of aryl methyl sites for hydroxylation is 1. The first-order valence-electron chi connectivity index (χ1n) is 9.07. The van der Waals surface area contributed by atoms with Gasteiger partial charge in [-0.05, 0) is 55.4 Å². The van der Waals surface area contributed by atoms with Crippen molar-refractivity contribution in [2.24, 2.45) is 5.41 Å². The standard InChI is InChI=1S/C19H24N4OS/c1-19(9-8-13-4-2-3-5-15(13)12-19)17(24)20-10-11-23-16(14-6-7-14)21-22-18(23)25/h2-5,14H,6-12H2,1H3,(H,20,24)(H,22,25)/t19-/m1/s1. The number of rotatable bonds is 5. The Morgan fingerprint density at radius 2 is 2.16 bits per heavy atom. The van der Waals surface area contributed by atoms with Crippen LogP contribution in [0.15, 0.2) is 24.3 Å². The van der Waals surface area contributed by atoms with E-state index in [9.17, 15) is 4.79 Å². The van der Waals surface area contributed by atoms with Crippen molar-refractivity contribution in [1.82, 2.24) is 20.1 Å². The van der Waals surface area contributed by atoms with Gasteiger partial charge in [0, 0.05) is 19.0 Å². The van der Waals surface area contributed by atoms with Crippen molar-refractivity contribution in [3.8, 4) is 0 Å². The zero-order chi connectivity index (χ0) is 17.4. The molecule has 132 valence electrons. The van der Waals surface area contributed by atoms with Crippen LogP contribution in [0.3, 0.4) is 0 Å². The predicted octanol–water partition coefficient (Wildman–Crippen LogP) is 3.13. The summed E-state index contributed by atoms with van der Waals surface area (Å²) in [6.07, 6.45) is 5.05. The summed E-state index contributed by atoms with van der Waals surface area (Å²) >= 11 is 5.32. The number of fused-ring (bicyclic) bond motifs is 1. The number of aromatic amines is 1. The van der Waals surface area contributed by atoms with E-state index in [1.807, 2.05) is 4.57 Å². The van der Waals surface area contributed by atoms with Crippen LogP contribution in [-0.4, -0.2) is 27.2 Å². The highest BCUT2D eigenvalue weighted by atomic mass is 32.1. The summed E-state index contributed by atoms with van der Waals surface area (Å²) < 4.78 is 2.68. The van der Waals surface area contributed by atoms with E-state index < -0.39 is 0 Å². The summed E-state index contributed by atoms with van der Waals surface area (Å²) in [5.74, 6) is 1.72. The first-order valence-corrected chi connectivity index (χ1v) is 9.48. The minimum Gasteiger partial charge on any atom is -0.354 e. The number of aromatic nitrogens is 3.